The molecule has 192 valence electrons. The highest BCUT2D eigenvalue weighted by molar-refractivity contribution is 5.88. The maximum absolute atomic E-state index is 10.1. The van der Waals surface area contributed by atoms with E-state index in [0.29, 0.717) is 17.0 Å². The van der Waals surface area contributed by atoms with Crippen LogP contribution in [0.2, 0.25) is 0 Å². The van der Waals surface area contributed by atoms with Crippen LogP contribution in [0.15, 0.2) is 108 Å². The summed E-state index contributed by atoms with van der Waals surface area (Å²) < 4.78 is 7.12. The second-order valence-electron chi connectivity index (χ2n) is 10.2. The van der Waals surface area contributed by atoms with Crippen molar-refractivity contribution in [3.05, 3.63) is 125 Å². The van der Waals surface area contributed by atoms with Crippen molar-refractivity contribution >= 4 is 11.3 Å². The standard InChI is InChI=1S/C33H30N5O/c1-36-29(24-35)33(26-14-9-6-10-15-26)28(23-34)17-19-32-37(20-11-21-38(2,3)4)30-22-27(16-18-31(30)39-32)25-12-7-5-8-13-25/h5-10,12-19,22H,11,20-21H2,2-4H3/q+1/b28-17+,32-19-,33-29-. The Labute approximate surface area is 230 Å². The Kier molecular flexibility index (Phi) is 8.27. The van der Waals surface area contributed by atoms with Gasteiger partial charge in [0.2, 0.25) is 5.88 Å². The number of benzene rings is 3. The Hall–Kier alpha value is -5.09. The van der Waals surface area contributed by atoms with E-state index in [1.54, 1.807) is 24.3 Å². The molecule has 1 aliphatic heterocycles. The van der Waals surface area contributed by atoms with Gasteiger partial charge in [0.05, 0.1) is 57.7 Å². The smallest absolute Gasteiger partial charge is 0.270 e. The Bertz CT molecular complexity index is 1540. The van der Waals surface area contributed by atoms with Gasteiger partial charge >= 0.3 is 0 Å². The zero-order chi connectivity index (χ0) is 27.8. The highest BCUT2D eigenvalue weighted by Crippen LogP contribution is 2.42. The summed E-state index contributed by atoms with van der Waals surface area (Å²) in [6.45, 7) is 9.21. The number of hydrogen-bond acceptors (Lipinski definition) is 4. The van der Waals surface area contributed by atoms with Gasteiger partial charge in [-0.15, -0.1) is 0 Å². The average molecular weight is 513 g/mol. The number of allylic oxidation sites excluding steroid dienone is 5. The van der Waals surface area contributed by atoms with E-state index in [9.17, 15) is 10.5 Å². The van der Waals surface area contributed by atoms with Crippen molar-refractivity contribution in [3.8, 4) is 29.0 Å². The van der Waals surface area contributed by atoms with E-state index in [2.05, 4.69) is 55.2 Å². The molecular formula is C33H30N5O+. The van der Waals surface area contributed by atoms with Crippen LogP contribution in [-0.2, 0) is 0 Å². The third kappa shape index (κ3) is 6.43. The van der Waals surface area contributed by atoms with Crippen molar-refractivity contribution < 1.29 is 9.22 Å². The minimum absolute atomic E-state index is 0.129. The molecule has 39 heavy (non-hydrogen) atoms. The van der Waals surface area contributed by atoms with Gasteiger partial charge in [0.15, 0.2) is 5.75 Å². The van der Waals surface area contributed by atoms with Crippen molar-refractivity contribution in [3.63, 3.8) is 0 Å². The predicted molar refractivity (Wildman–Crippen MR) is 155 cm³/mol. The first kappa shape index (κ1) is 27.0. The van der Waals surface area contributed by atoms with Crippen LogP contribution in [0, 0.1) is 29.2 Å². The minimum Gasteiger partial charge on any atom is -0.439 e. The molecule has 3 aromatic carbocycles. The number of hydrogen-bond donors (Lipinski definition) is 0. The lowest BCUT2D eigenvalue weighted by atomic mass is 9.96. The molecular weight excluding hydrogens is 482 g/mol. The molecule has 3 aromatic rings. The van der Waals surface area contributed by atoms with Gasteiger partial charge in [-0.1, -0.05) is 66.7 Å². The lowest BCUT2D eigenvalue weighted by Gasteiger charge is -2.26. The quantitative estimate of drug-likeness (QED) is 0.144. The van der Waals surface area contributed by atoms with Crippen LogP contribution in [0.25, 0.3) is 21.5 Å². The maximum atomic E-state index is 10.1. The predicted octanol–water partition coefficient (Wildman–Crippen LogP) is 6.79. The van der Waals surface area contributed by atoms with Crippen molar-refractivity contribution in [1.82, 2.24) is 0 Å². The molecule has 1 aliphatic rings. The Morgan fingerprint density at radius 1 is 0.949 bits per heavy atom. The third-order valence-corrected chi connectivity index (χ3v) is 6.35. The highest BCUT2D eigenvalue weighted by Gasteiger charge is 2.27. The number of rotatable bonds is 8. The van der Waals surface area contributed by atoms with E-state index in [1.165, 1.54) is 0 Å². The fourth-order valence-corrected chi connectivity index (χ4v) is 4.46. The number of nitriles is 2. The van der Waals surface area contributed by atoms with Crippen LogP contribution in [0.1, 0.15) is 12.0 Å². The molecule has 1 heterocycles. The molecule has 0 aromatic heterocycles. The summed E-state index contributed by atoms with van der Waals surface area (Å²) in [7, 11) is 6.51. The summed E-state index contributed by atoms with van der Waals surface area (Å²) in [4.78, 5) is 5.53. The van der Waals surface area contributed by atoms with Crippen LogP contribution >= 0.6 is 0 Å². The Morgan fingerprint density at radius 2 is 1.64 bits per heavy atom. The van der Waals surface area contributed by atoms with Crippen molar-refractivity contribution in [2.24, 2.45) is 0 Å². The summed E-state index contributed by atoms with van der Waals surface area (Å²) in [5, 5.41) is 19.7. The fraction of sp³-hybridized carbons (Fsp3) is 0.182. The minimum atomic E-state index is -0.129. The lowest BCUT2D eigenvalue weighted by Crippen LogP contribution is -2.37. The van der Waals surface area contributed by atoms with Crippen molar-refractivity contribution in [2.75, 3.05) is 39.1 Å². The van der Waals surface area contributed by atoms with Gasteiger partial charge in [-0.25, -0.2) is 10.1 Å². The SMILES string of the molecule is [C-]#[N+]\C(C#N)=C(/C(C#N)=C/C=C1\Oc2ccc(-c3ccccc3)cc2N1CCC[N+](C)(C)C)c1ccccc1. The number of fused-ring (bicyclic) bond motifs is 1. The molecule has 0 saturated carbocycles. The Morgan fingerprint density at radius 3 is 2.26 bits per heavy atom. The van der Waals surface area contributed by atoms with Crippen LogP contribution < -0.4 is 9.64 Å². The van der Waals surface area contributed by atoms with Crippen LogP contribution in [0.3, 0.4) is 0 Å². The molecule has 0 amide bonds. The molecule has 0 spiro atoms. The second kappa shape index (κ2) is 12.0. The largest absolute Gasteiger partial charge is 0.439 e. The summed E-state index contributed by atoms with van der Waals surface area (Å²) in [5.41, 5.74) is 4.22. The van der Waals surface area contributed by atoms with E-state index >= 15 is 0 Å². The molecule has 0 fully saturated rings. The van der Waals surface area contributed by atoms with Crippen LogP contribution in [0.4, 0.5) is 5.69 Å². The first-order chi connectivity index (χ1) is 18.8. The highest BCUT2D eigenvalue weighted by atomic mass is 16.5. The topological polar surface area (TPSA) is 64.4 Å². The fourth-order valence-electron chi connectivity index (χ4n) is 4.46. The van der Waals surface area contributed by atoms with Gasteiger partial charge in [-0.3, -0.25) is 0 Å². The molecule has 0 bridgehead atoms. The Balaban J connectivity index is 1.76. The maximum Gasteiger partial charge on any atom is 0.270 e. The van der Waals surface area contributed by atoms with Crippen molar-refractivity contribution in [1.29, 1.82) is 10.5 Å². The lowest BCUT2D eigenvalue weighted by molar-refractivity contribution is -0.870. The second-order valence-corrected chi connectivity index (χ2v) is 10.2. The van der Waals surface area contributed by atoms with E-state index in [-0.39, 0.29) is 11.3 Å². The summed E-state index contributed by atoms with van der Waals surface area (Å²) in [6, 6.07) is 29.6. The molecule has 6 heteroatoms. The molecule has 0 N–H and O–H groups in total. The number of ether oxygens (including phenoxy) is 1. The van der Waals surface area contributed by atoms with Gasteiger partial charge in [-0.2, -0.15) is 5.26 Å². The molecule has 0 aliphatic carbocycles. The van der Waals surface area contributed by atoms with E-state index in [1.807, 2.05) is 54.6 Å². The van der Waals surface area contributed by atoms with Gasteiger partial charge in [0.1, 0.15) is 0 Å². The van der Waals surface area contributed by atoms with E-state index < -0.39 is 0 Å². The van der Waals surface area contributed by atoms with Crippen LogP contribution in [0.5, 0.6) is 5.75 Å². The normalized spacial score (nSPS) is 14.5. The summed E-state index contributed by atoms with van der Waals surface area (Å²) in [6.07, 6.45) is 4.32. The van der Waals surface area contributed by atoms with Crippen LogP contribution in [-0.4, -0.2) is 38.7 Å². The summed E-state index contributed by atoms with van der Waals surface area (Å²) >= 11 is 0. The summed E-state index contributed by atoms with van der Waals surface area (Å²) in [5.74, 6) is 1.34. The monoisotopic (exact) mass is 512 g/mol. The van der Waals surface area contributed by atoms with Crippen molar-refractivity contribution in [2.45, 2.75) is 6.42 Å². The van der Waals surface area contributed by atoms with Gasteiger partial charge in [0.25, 0.3) is 5.70 Å². The van der Waals surface area contributed by atoms with E-state index in [0.717, 1.165) is 46.6 Å². The molecule has 0 unspecified atom stereocenters. The molecule has 0 saturated heterocycles. The average Bonchev–Trinajstić information content (AvgIpc) is 3.29. The zero-order valence-electron chi connectivity index (χ0n) is 22.4. The molecule has 0 radical (unpaired) electrons. The van der Waals surface area contributed by atoms with Gasteiger partial charge < -0.3 is 14.1 Å². The molecule has 0 atom stereocenters. The third-order valence-electron chi connectivity index (χ3n) is 6.35. The molecule has 4 rings (SSSR count). The van der Waals surface area contributed by atoms with Gasteiger partial charge in [-0.05, 0) is 34.9 Å². The number of nitrogens with zero attached hydrogens (tertiary/aromatic N) is 5. The zero-order valence-corrected chi connectivity index (χ0v) is 22.4. The number of anilines is 1. The first-order valence-corrected chi connectivity index (χ1v) is 12.7. The number of quaternary nitrogens is 1. The van der Waals surface area contributed by atoms with Gasteiger partial charge in [0, 0.05) is 24.6 Å². The first-order valence-electron chi connectivity index (χ1n) is 12.7. The van der Waals surface area contributed by atoms with E-state index in [4.69, 9.17) is 11.3 Å². The molecule has 6 nitrogen and oxygen atoms in total.